The molecule has 6 N–H and O–H groups in total. The molecule has 0 saturated heterocycles. The molecule has 0 fully saturated rings. The van der Waals surface area contributed by atoms with E-state index in [1.807, 2.05) is 13.8 Å². The Balaban J connectivity index is 1.49. The lowest BCUT2D eigenvalue weighted by Crippen LogP contribution is -2.09. The minimum Gasteiger partial charge on any atom is -0.477 e. The van der Waals surface area contributed by atoms with Crippen LogP contribution in [0.4, 0.5) is 34.6 Å². The van der Waals surface area contributed by atoms with Crippen LogP contribution in [-0.2, 0) is 26.9 Å². The number of rotatable bonds is 15. The first-order valence-corrected chi connectivity index (χ1v) is 15.4. The predicted octanol–water partition coefficient (Wildman–Crippen LogP) is 3.87. The van der Waals surface area contributed by atoms with E-state index in [2.05, 4.69) is 51.0 Å². The van der Waals surface area contributed by atoms with E-state index in [0.29, 0.717) is 29.9 Å². The number of nitrogens with zero attached hydrogens (tertiary/aromatic N) is 14. The number of hydrogen-bond acceptors (Lipinski definition) is 15. The summed E-state index contributed by atoms with van der Waals surface area (Å²) in [5.41, 5.74) is 14.7. The molecule has 0 amide bonds. The maximum absolute atomic E-state index is 12.2. The predicted molar refractivity (Wildman–Crippen MR) is 175 cm³/mol. The quantitative estimate of drug-likeness (QED) is 0.0911. The normalized spacial score (nSPS) is 11.8. The van der Waals surface area contributed by atoms with Gasteiger partial charge >= 0.3 is 5.97 Å². The smallest absolute Gasteiger partial charge is 0.341 e. The Hall–Kier alpha value is -6.18. The second kappa shape index (κ2) is 14.7. The zero-order valence-electron chi connectivity index (χ0n) is 27.4. The molecule has 0 bridgehead atoms. The number of Topliss-reactive ketones (excluding diaryl/α,β-unsaturated/α-hetero) is 1. The molecule has 0 saturated carbocycles. The lowest BCUT2D eigenvalue weighted by atomic mass is 10.2. The number of aromatic nitrogens is 10. The van der Waals surface area contributed by atoms with Crippen LogP contribution in [0.25, 0.3) is 11.6 Å². The van der Waals surface area contributed by atoms with Crippen molar-refractivity contribution in [1.29, 1.82) is 0 Å². The molecule has 256 valence electrons. The van der Waals surface area contributed by atoms with Crippen molar-refractivity contribution in [3.8, 4) is 11.6 Å². The number of nitrogen functional groups attached to an aromatic ring is 2. The summed E-state index contributed by atoms with van der Waals surface area (Å²) in [7, 11) is 3.16. The van der Waals surface area contributed by atoms with Crippen molar-refractivity contribution in [2.24, 2.45) is 34.6 Å². The fraction of sp³-hybridized carbons (Fsp3) is 0.379. The molecule has 20 heteroatoms. The molecule has 0 aromatic carbocycles. The van der Waals surface area contributed by atoms with Crippen LogP contribution in [0.5, 0.6) is 0 Å². The number of carbonyl (C=O) groups is 2. The topological polar surface area (TPSA) is 273 Å². The Morgan fingerprint density at radius 1 is 0.755 bits per heavy atom. The van der Waals surface area contributed by atoms with E-state index in [1.54, 1.807) is 26.2 Å². The third kappa shape index (κ3) is 6.93. The molecule has 20 nitrogen and oxygen atoms in total. The molecule has 49 heavy (non-hydrogen) atoms. The molecule has 0 radical (unpaired) electrons. The average Bonchev–Trinajstić information content (AvgIpc) is 3.83. The van der Waals surface area contributed by atoms with Crippen LogP contribution in [-0.4, -0.2) is 77.9 Å². The van der Waals surface area contributed by atoms with Gasteiger partial charge in [-0.2, -0.15) is 29.8 Å². The van der Waals surface area contributed by atoms with E-state index >= 15 is 0 Å². The molecule has 0 aliphatic rings. The lowest BCUT2D eigenvalue weighted by Gasteiger charge is -2.05. The van der Waals surface area contributed by atoms with Crippen LogP contribution in [0.1, 0.15) is 71.6 Å². The number of aromatic carboxylic acids is 1. The van der Waals surface area contributed by atoms with Gasteiger partial charge in [-0.3, -0.25) is 4.79 Å². The third-order valence-corrected chi connectivity index (χ3v) is 7.51. The monoisotopic (exact) mass is 672 g/mol. The summed E-state index contributed by atoms with van der Waals surface area (Å²) in [6.45, 7) is 3.39. The van der Waals surface area contributed by atoms with Crippen LogP contribution in [0, 0.1) is 0 Å². The van der Waals surface area contributed by atoms with E-state index in [4.69, 9.17) is 11.5 Å². The van der Waals surface area contributed by atoms with Crippen molar-refractivity contribution in [2.75, 3.05) is 18.1 Å². The number of azo groups is 2. The second-order valence-electron chi connectivity index (χ2n) is 10.9. The van der Waals surface area contributed by atoms with Gasteiger partial charge in [0, 0.05) is 14.1 Å². The van der Waals surface area contributed by atoms with Gasteiger partial charge in [0.2, 0.25) is 0 Å². The maximum Gasteiger partial charge on any atom is 0.341 e. The van der Waals surface area contributed by atoms with Gasteiger partial charge in [0.05, 0.1) is 29.3 Å². The Bertz CT molecular complexity index is 2030. The van der Waals surface area contributed by atoms with Crippen molar-refractivity contribution in [3.05, 3.63) is 47.0 Å². The van der Waals surface area contributed by atoms with Gasteiger partial charge in [0.1, 0.15) is 12.2 Å². The number of carbonyl (C=O) groups excluding carboxylic acids is 1. The van der Waals surface area contributed by atoms with Crippen LogP contribution >= 0.6 is 0 Å². The highest BCUT2D eigenvalue weighted by molar-refractivity contribution is 6.00. The Labute approximate surface area is 279 Å². The van der Waals surface area contributed by atoms with E-state index < -0.39 is 18.4 Å². The minimum atomic E-state index is -1.19. The van der Waals surface area contributed by atoms with Crippen molar-refractivity contribution in [3.63, 3.8) is 0 Å². The van der Waals surface area contributed by atoms with Gasteiger partial charge < -0.3 is 21.7 Å². The second-order valence-corrected chi connectivity index (χ2v) is 10.9. The minimum absolute atomic E-state index is 0.0543. The van der Waals surface area contributed by atoms with E-state index in [0.717, 1.165) is 25.7 Å². The van der Waals surface area contributed by atoms with Gasteiger partial charge in [0.15, 0.2) is 52.1 Å². The van der Waals surface area contributed by atoms with Gasteiger partial charge in [-0.1, -0.05) is 26.7 Å². The highest BCUT2D eigenvalue weighted by Crippen LogP contribution is 2.34. The summed E-state index contributed by atoms with van der Waals surface area (Å²) in [4.78, 5) is 23.8. The zero-order chi connectivity index (χ0) is 35.2. The van der Waals surface area contributed by atoms with Crippen LogP contribution in [0.2, 0.25) is 0 Å². The highest BCUT2D eigenvalue weighted by Gasteiger charge is 2.22. The zero-order valence-corrected chi connectivity index (χ0v) is 27.4. The summed E-state index contributed by atoms with van der Waals surface area (Å²) < 4.78 is 5.46. The molecule has 5 aromatic rings. The number of anilines is 2. The number of carboxylic acids is 1. The summed E-state index contributed by atoms with van der Waals surface area (Å²) in [6, 6.07) is 3.27. The van der Waals surface area contributed by atoms with Crippen LogP contribution in [0.15, 0.2) is 45.0 Å². The molecule has 5 aromatic heterocycles. The standard InChI is InChI=1S/C29H36N16O4/c1-5-7-9-18-23(36-38-27-16(20(47)15-46)13-32-42(27)3)25(30)44(40-18)21-11-12-22(35-34-21)45-26(31)24(19(41-45)10-8-6-2)37-39-28-17(29(48)49)14-33-43(28)4/h11-14,46H,5-10,15,30-31H2,1-4H3,(H,48,49). The first-order valence-electron chi connectivity index (χ1n) is 15.4. The number of aryl methyl sites for hydroxylation is 4. The van der Waals surface area contributed by atoms with Gasteiger partial charge in [-0.15, -0.1) is 30.7 Å². The van der Waals surface area contributed by atoms with E-state index in [1.165, 1.54) is 31.1 Å². The molecule has 0 aliphatic carbocycles. The number of ketones is 1. The SMILES string of the molecule is CCCCc1nn(-c2ccc(-n3nc(CCCC)c(N=Nc4c(C(=O)CO)cnn4C)c3N)nn2)c(N)c1N=Nc1c(C(=O)O)cnn1C. The van der Waals surface area contributed by atoms with E-state index in [9.17, 15) is 19.8 Å². The number of unbranched alkanes of at least 4 members (excludes halogenated alkanes) is 2. The summed E-state index contributed by atoms with van der Waals surface area (Å²) >= 11 is 0. The number of aliphatic hydroxyl groups is 1. The Kier molecular flexibility index (Phi) is 10.3. The first-order chi connectivity index (χ1) is 23.6. The summed E-state index contributed by atoms with van der Waals surface area (Å²) in [5.74, 6) is -0.672. The van der Waals surface area contributed by atoms with Crippen LogP contribution < -0.4 is 11.5 Å². The van der Waals surface area contributed by atoms with Crippen molar-refractivity contribution in [1.82, 2.24) is 49.3 Å². The molecule has 0 unspecified atom stereocenters. The van der Waals surface area contributed by atoms with Gasteiger partial charge in [-0.25, -0.2) is 14.2 Å². The summed E-state index contributed by atoms with van der Waals surface area (Å²) in [5, 5.41) is 61.7. The largest absolute Gasteiger partial charge is 0.477 e. The third-order valence-electron chi connectivity index (χ3n) is 7.51. The van der Waals surface area contributed by atoms with Crippen molar-refractivity contribution in [2.45, 2.75) is 52.4 Å². The summed E-state index contributed by atoms with van der Waals surface area (Å²) in [6.07, 6.45) is 6.99. The molecule has 5 rings (SSSR count). The Morgan fingerprint density at radius 3 is 1.61 bits per heavy atom. The molecule has 0 spiro atoms. The Morgan fingerprint density at radius 2 is 1.20 bits per heavy atom. The fourth-order valence-corrected chi connectivity index (χ4v) is 4.80. The van der Waals surface area contributed by atoms with Crippen molar-refractivity contribution < 1.29 is 19.8 Å². The molecule has 0 aliphatic heterocycles. The number of carboxylic acid groups (broad SMARTS) is 1. The molecule has 5 heterocycles. The van der Waals surface area contributed by atoms with Crippen LogP contribution in [0.3, 0.4) is 0 Å². The molecular weight excluding hydrogens is 636 g/mol. The first kappa shape index (κ1) is 34.2. The highest BCUT2D eigenvalue weighted by atomic mass is 16.4. The molecule has 0 atom stereocenters. The molecular formula is C29H36N16O4. The van der Waals surface area contributed by atoms with E-state index in [-0.39, 0.29) is 51.7 Å². The average molecular weight is 673 g/mol. The number of hydrogen-bond donors (Lipinski definition) is 4. The van der Waals surface area contributed by atoms with Gasteiger partial charge in [-0.05, 0) is 37.8 Å². The van der Waals surface area contributed by atoms with Crippen molar-refractivity contribution >= 4 is 46.4 Å². The lowest BCUT2D eigenvalue weighted by molar-refractivity contribution is 0.0697. The maximum atomic E-state index is 12.2. The fourth-order valence-electron chi connectivity index (χ4n) is 4.80. The number of aliphatic hydroxyl groups excluding tert-OH is 1. The number of nitrogens with two attached hydrogens (primary N) is 2. The van der Waals surface area contributed by atoms with Gasteiger partial charge in [0.25, 0.3) is 0 Å².